The zero-order valence-electron chi connectivity index (χ0n) is 33.6. The number of ether oxygens (including phenoxy) is 2. The number of hydrogen-bond donors (Lipinski definition) is 4. The highest BCUT2D eigenvalue weighted by Gasteiger charge is 2.18. The van der Waals surface area contributed by atoms with Crippen molar-refractivity contribution in [2.24, 2.45) is 0 Å². The molecule has 0 fully saturated rings. The average Bonchev–Trinajstić information content (AvgIpc) is 3.16. The predicted molar refractivity (Wildman–Crippen MR) is 217 cm³/mol. The molecule has 0 heterocycles. The van der Waals surface area contributed by atoms with Gasteiger partial charge >= 0.3 is 23.9 Å². The molecule has 12 nitrogen and oxygen atoms in total. The molecule has 2 rings (SSSR count). The van der Waals surface area contributed by atoms with Crippen molar-refractivity contribution in [3.05, 3.63) is 47.5 Å². The number of hydrogen-bond acceptors (Lipinski definition) is 8. The van der Waals surface area contributed by atoms with E-state index in [1.54, 1.807) is 0 Å². The van der Waals surface area contributed by atoms with Gasteiger partial charge in [0.2, 0.25) is 11.8 Å². The highest BCUT2D eigenvalue weighted by Crippen LogP contribution is 2.26. The molecule has 0 radical (unpaired) electrons. The van der Waals surface area contributed by atoms with Gasteiger partial charge in [-0.2, -0.15) is 0 Å². The standard InChI is InChI=1S/C44H64N2O10/c1-3-5-7-9-15-19-23-39(47)45-33-27-29-37(35(31-33)43(51)52)55-41(49)25-21-17-13-11-12-14-18-22-26-42(50)56-38-30-28-34(32-36(38)44(53)54)46-40(48)24-20-16-10-8-6-4-2/h27-32H,3-26H2,1-2H3,(H,45,47)(H,46,48)(H,51,52)(H,53,54). The van der Waals surface area contributed by atoms with Crippen LogP contribution in [0.15, 0.2) is 36.4 Å². The monoisotopic (exact) mass is 780 g/mol. The van der Waals surface area contributed by atoms with Crippen LogP contribution in [0, 0.1) is 0 Å². The van der Waals surface area contributed by atoms with Gasteiger partial charge in [0.15, 0.2) is 0 Å². The van der Waals surface area contributed by atoms with Crippen LogP contribution in [0.4, 0.5) is 11.4 Å². The van der Waals surface area contributed by atoms with Crippen LogP contribution in [0.2, 0.25) is 0 Å². The van der Waals surface area contributed by atoms with Crippen molar-refractivity contribution in [3.8, 4) is 11.5 Å². The SMILES string of the molecule is CCCCCCCCC(=O)Nc1ccc(OC(=O)CCCCCCCCCCC(=O)Oc2ccc(NC(=O)CCCCCCCC)cc2C(=O)O)c(C(=O)O)c1. The summed E-state index contributed by atoms with van der Waals surface area (Å²) >= 11 is 0. The van der Waals surface area contributed by atoms with Crippen molar-refractivity contribution in [1.29, 1.82) is 0 Å². The van der Waals surface area contributed by atoms with Crippen molar-refractivity contribution >= 4 is 47.1 Å². The number of unbranched alkanes of at least 4 members (excludes halogenated alkanes) is 17. The van der Waals surface area contributed by atoms with E-state index in [4.69, 9.17) is 9.47 Å². The van der Waals surface area contributed by atoms with E-state index in [0.717, 1.165) is 103 Å². The Morgan fingerprint density at radius 2 is 0.750 bits per heavy atom. The lowest BCUT2D eigenvalue weighted by atomic mass is 10.1. The van der Waals surface area contributed by atoms with Gasteiger partial charge in [-0.15, -0.1) is 0 Å². The van der Waals surface area contributed by atoms with Crippen LogP contribution in [0.5, 0.6) is 11.5 Å². The van der Waals surface area contributed by atoms with E-state index in [2.05, 4.69) is 24.5 Å². The second-order valence-electron chi connectivity index (χ2n) is 14.4. The first kappa shape index (κ1) is 47.4. The average molecular weight is 781 g/mol. The molecule has 0 aliphatic heterocycles. The molecule has 2 amide bonds. The van der Waals surface area contributed by atoms with E-state index in [9.17, 15) is 39.0 Å². The number of carboxylic acids is 2. The van der Waals surface area contributed by atoms with Gasteiger partial charge in [-0.25, -0.2) is 9.59 Å². The van der Waals surface area contributed by atoms with E-state index >= 15 is 0 Å². The van der Waals surface area contributed by atoms with Crippen molar-refractivity contribution in [3.63, 3.8) is 0 Å². The highest BCUT2D eigenvalue weighted by molar-refractivity contribution is 5.97. The minimum absolute atomic E-state index is 0.0557. The number of amides is 2. The van der Waals surface area contributed by atoms with Gasteiger partial charge in [0, 0.05) is 37.1 Å². The summed E-state index contributed by atoms with van der Waals surface area (Å²) in [6, 6.07) is 8.47. The summed E-state index contributed by atoms with van der Waals surface area (Å²) in [7, 11) is 0. The van der Waals surface area contributed by atoms with Crippen molar-refractivity contribution in [2.45, 2.75) is 168 Å². The summed E-state index contributed by atoms with van der Waals surface area (Å²) < 4.78 is 10.7. The van der Waals surface area contributed by atoms with Crippen LogP contribution < -0.4 is 20.1 Å². The maximum absolute atomic E-state index is 12.4. The number of carbonyl (C=O) groups excluding carboxylic acids is 4. The number of carboxylic acid groups (broad SMARTS) is 2. The second kappa shape index (κ2) is 28.6. The normalized spacial score (nSPS) is 10.8. The Hall–Kier alpha value is -4.74. The van der Waals surface area contributed by atoms with Crippen LogP contribution in [-0.4, -0.2) is 45.9 Å². The largest absolute Gasteiger partial charge is 0.478 e. The lowest BCUT2D eigenvalue weighted by Gasteiger charge is -2.11. The van der Waals surface area contributed by atoms with Gasteiger partial charge in [-0.05, 0) is 62.1 Å². The number of anilines is 2. The highest BCUT2D eigenvalue weighted by atomic mass is 16.5. The number of carbonyl (C=O) groups is 6. The molecule has 4 N–H and O–H groups in total. The van der Waals surface area contributed by atoms with Crippen LogP contribution in [0.3, 0.4) is 0 Å². The fourth-order valence-electron chi connectivity index (χ4n) is 6.25. The summed E-state index contributed by atoms with van der Waals surface area (Å²) in [4.78, 5) is 73.1. The smallest absolute Gasteiger partial charge is 0.339 e. The van der Waals surface area contributed by atoms with E-state index in [1.165, 1.54) is 49.2 Å². The zero-order chi connectivity index (χ0) is 41.0. The molecule has 0 saturated heterocycles. The molecule has 56 heavy (non-hydrogen) atoms. The first-order valence-electron chi connectivity index (χ1n) is 20.8. The van der Waals surface area contributed by atoms with Crippen molar-refractivity contribution in [1.82, 2.24) is 0 Å². The van der Waals surface area contributed by atoms with Crippen LogP contribution in [0.1, 0.15) is 189 Å². The maximum atomic E-state index is 12.4. The molecule has 0 aliphatic rings. The van der Waals surface area contributed by atoms with Gasteiger partial charge in [0.1, 0.15) is 22.6 Å². The lowest BCUT2D eigenvalue weighted by molar-refractivity contribution is -0.135. The van der Waals surface area contributed by atoms with Crippen LogP contribution in [-0.2, 0) is 19.2 Å². The van der Waals surface area contributed by atoms with Gasteiger partial charge in [-0.1, -0.05) is 117 Å². The Balaban J connectivity index is 1.60. The molecule has 2 aromatic rings. The van der Waals surface area contributed by atoms with Crippen molar-refractivity contribution in [2.75, 3.05) is 10.6 Å². The quantitative estimate of drug-likeness (QED) is 0.0326. The van der Waals surface area contributed by atoms with Gasteiger partial charge in [0.05, 0.1) is 0 Å². The molecular weight excluding hydrogens is 716 g/mol. The minimum atomic E-state index is -1.25. The molecule has 12 heteroatoms. The number of aromatic carboxylic acids is 2. The summed E-state index contributed by atoms with van der Waals surface area (Å²) in [5, 5.41) is 24.8. The molecular formula is C44H64N2O10. The summed E-state index contributed by atoms with van der Waals surface area (Å²) in [5.41, 5.74) is 0.304. The topological polar surface area (TPSA) is 185 Å². The first-order valence-corrected chi connectivity index (χ1v) is 20.8. The molecule has 0 aromatic heterocycles. The number of esters is 2. The van der Waals surface area contributed by atoms with Crippen LogP contribution in [0.25, 0.3) is 0 Å². The van der Waals surface area contributed by atoms with E-state index in [-0.39, 0.29) is 47.3 Å². The van der Waals surface area contributed by atoms with E-state index in [0.29, 0.717) is 37.1 Å². The Labute approximate surface area is 332 Å². The Morgan fingerprint density at radius 1 is 0.446 bits per heavy atom. The second-order valence-corrected chi connectivity index (χ2v) is 14.4. The molecule has 0 spiro atoms. The summed E-state index contributed by atoms with van der Waals surface area (Å²) in [6.07, 6.45) is 20.3. The number of nitrogens with one attached hydrogen (secondary N) is 2. The maximum Gasteiger partial charge on any atom is 0.339 e. The third-order valence-electron chi connectivity index (χ3n) is 9.46. The molecule has 0 saturated carbocycles. The van der Waals surface area contributed by atoms with E-state index in [1.807, 2.05) is 0 Å². The Morgan fingerprint density at radius 3 is 1.07 bits per heavy atom. The zero-order valence-corrected chi connectivity index (χ0v) is 33.6. The minimum Gasteiger partial charge on any atom is -0.478 e. The van der Waals surface area contributed by atoms with E-state index < -0.39 is 23.9 Å². The number of benzene rings is 2. The third-order valence-corrected chi connectivity index (χ3v) is 9.46. The van der Waals surface area contributed by atoms with Crippen LogP contribution >= 0.6 is 0 Å². The summed E-state index contributed by atoms with van der Waals surface area (Å²) in [6.45, 7) is 4.31. The fraction of sp³-hybridized carbons (Fsp3) is 0.591. The first-order chi connectivity index (χ1) is 27.0. The predicted octanol–water partition coefficient (Wildman–Crippen LogP) is 10.9. The third kappa shape index (κ3) is 20.8. The molecule has 2 aromatic carbocycles. The molecule has 0 bridgehead atoms. The molecule has 310 valence electrons. The lowest BCUT2D eigenvalue weighted by Crippen LogP contribution is -2.14. The molecule has 0 aliphatic carbocycles. The van der Waals surface area contributed by atoms with Crippen molar-refractivity contribution < 1.29 is 48.5 Å². The van der Waals surface area contributed by atoms with Gasteiger partial charge < -0.3 is 30.3 Å². The fourth-order valence-corrected chi connectivity index (χ4v) is 6.25. The Bertz CT molecular complexity index is 1430. The molecule has 0 unspecified atom stereocenters. The summed E-state index contributed by atoms with van der Waals surface area (Å²) in [5.74, 6) is -4.02. The Kier molecular flexibility index (Phi) is 24.2. The van der Waals surface area contributed by atoms with Gasteiger partial charge in [0.25, 0.3) is 0 Å². The molecule has 0 atom stereocenters. The van der Waals surface area contributed by atoms with Gasteiger partial charge in [-0.3, -0.25) is 19.2 Å². The number of rotatable bonds is 31.